The van der Waals surface area contributed by atoms with E-state index in [1.807, 2.05) is 0 Å². The first-order chi connectivity index (χ1) is 0. The third kappa shape index (κ3) is 24.2. The van der Waals surface area contributed by atoms with E-state index in [1.54, 1.807) is 0 Å². The van der Waals surface area contributed by atoms with Gasteiger partial charge in [0.1, 0.15) is 0 Å². The molecular formula is H9AgBiCuFeGaIn. The molecule has 0 saturated heterocycles. The predicted octanol–water partition coefficient (Wildman–Crippen LogP) is -3.56. The van der Waals surface area contributed by atoms with Crippen LogP contribution in [0.5, 0.6) is 0 Å². The molecule has 0 aromatic rings. The fourth-order valence-electron chi connectivity index (χ4n) is 0. The maximum absolute atomic E-state index is 0. The zero-order valence-corrected chi connectivity index (χ0v) is 10.7. The molecule has 50 valence electrons. The van der Waals surface area contributed by atoms with Crippen molar-refractivity contribution < 1.29 is 56.5 Å². The summed E-state index contributed by atoms with van der Waals surface area (Å²) in [4.78, 5) is 0. The maximum atomic E-state index is 0. The second-order valence-electron chi connectivity index (χ2n) is 0. The molecule has 0 bridgehead atoms. The van der Waals surface area contributed by atoms with Gasteiger partial charge in [0.2, 0.25) is 0 Å². The minimum atomic E-state index is 0. The summed E-state index contributed by atoms with van der Waals surface area (Å²) in [5.74, 6) is 0. The average molecular weight is 630 g/mol. The Labute approximate surface area is 126 Å². The molecule has 0 amide bonds. The zero-order chi connectivity index (χ0) is 0. The van der Waals surface area contributed by atoms with Crippen LogP contribution in [0, 0.1) is 0 Å². The minimum absolute atomic E-state index is 0. The molecule has 0 saturated carbocycles. The van der Waals surface area contributed by atoms with E-state index in [9.17, 15) is 0 Å². The van der Waals surface area contributed by atoms with Crippen molar-refractivity contribution in [3.05, 3.63) is 0 Å². The summed E-state index contributed by atoms with van der Waals surface area (Å²) in [5.41, 5.74) is 0. The van der Waals surface area contributed by atoms with E-state index in [0.29, 0.717) is 0 Å². The topological polar surface area (TPSA) is 0 Å². The SMILES string of the molecule is [Ag].[BiH3].[Cu].[Fe].[GaH3].[InH3]. The van der Waals surface area contributed by atoms with Gasteiger partial charge in [-0.1, -0.05) is 0 Å². The van der Waals surface area contributed by atoms with E-state index < -0.39 is 0 Å². The third-order valence-electron chi connectivity index (χ3n) is 0. The van der Waals surface area contributed by atoms with Crippen LogP contribution in [0.3, 0.4) is 0 Å². The quantitative estimate of drug-likeness (QED) is 0.244. The fourth-order valence-corrected chi connectivity index (χ4v) is 0. The van der Waals surface area contributed by atoms with Gasteiger partial charge in [-0.15, -0.1) is 0 Å². The molecule has 0 aliphatic carbocycles. The van der Waals surface area contributed by atoms with E-state index in [-0.39, 0.29) is 128 Å². The molecule has 0 rings (SSSR count). The van der Waals surface area contributed by atoms with Crippen LogP contribution in [-0.2, 0) is 56.5 Å². The molecule has 0 aliphatic rings. The Morgan fingerprint density at radius 2 is 1.00 bits per heavy atom. The molecule has 0 atom stereocenters. The molecule has 6 heavy (non-hydrogen) atoms. The Hall–Kier alpha value is 4.17. The monoisotopic (exact) mass is 628 g/mol. The summed E-state index contributed by atoms with van der Waals surface area (Å²) in [6, 6.07) is 0. The van der Waals surface area contributed by atoms with Crippen LogP contribution in [0.2, 0.25) is 0 Å². The Balaban J connectivity index is 0. The summed E-state index contributed by atoms with van der Waals surface area (Å²) in [5, 5.41) is 0. The molecule has 0 unspecified atom stereocenters. The van der Waals surface area contributed by atoms with Crippen molar-refractivity contribution in [3.8, 4) is 0 Å². The number of hydrogen-bond acceptors (Lipinski definition) is 0. The van der Waals surface area contributed by atoms with E-state index in [0.717, 1.165) is 0 Å². The van der Waals surface area contributed by atoms with Crippen molar-refractivity contribution in [2.45, 2.75) is 0 Å². The second kappa shape index (κ2) is 35.2. The third-order valence-corrected chi connectivity index (χ3v) is 0. The van der Waals surface area contributed by atoms with Crippen molar-refractivity contribution >= 4 is 71.8 Å². The van der Waals surface area contributed by atoms with Gasteiger partial charge in [-0.25, -0.2) is 0 Å². The standard InChI is InChI=1S/Ag.Bi.Cu.Fe.Ga.In.9H. The van der Waals surface area contributed by atoms with Gasteiger partial charge < -0.3 is 0 Å². The van der Waals surface area contributed by atoms with Crippen LogP contribution in [-0.4, -0.2) is 71.8 Å². The molecule has 0 aromatic heterocycles. The van der Waals surface area contributed by atoms with Crippen LogP contribution >= 0.6 is 0 Å². The van der Waals surface area contributed by atoms with Crippen molar-refractivity contribution in [2.24, 2.45) is 0 Å². The molecule has 0 heterocycles. The molecule has 6 heteroatoms. The van der Waals surface area contributed by atoms with E-state index >= 15 is 0 Å². The van der Waals surface area contributed by atoms with Crippen LogP contribution in [0.15, 0.2) is 0 Å². The summed E-state index contributed by atoms with van der Waals surface area (Å²) in [7, 11) is 0. The van der Waals surface area contributed by atoms with Gasteiger partial charge >= 0.3 is 71.8 Å². The summed E-state index contributed by atoms with van der Waals surface area (Å²) < 4.78 is 0. The van der Waals surface area contributed by atoms with Crippen molar-refractivity contribution in [2.75, 3.05) is 0 Å². The van der Waals surface area contributed by atoms with Gasteiger partial charge in [0.25, 0.3) is 0 Å². The van der Waals surface area contributed by atoms with Gasteiger partial charge in [-0.3, -0.25) is 0 Å². The van der Waals surface area contributed by atoms with Gasteiger partial charge in [-0.05, 0) is 0 Å². The molecule has 0 nitrogen and oxygen atoms in total. The molecule has 0 spiro atoms. The fraction of sp³-hybridized carbons (Fsp3) is 0. The Morgan fingerprint density at radius 1 is 1.00 bits per heavy atom. The van der Waals surface area contributed by atoms with Crippen molar-refractivity contribution in [1.29, 1.82) is 0 Å². The normalized spacial score (nSPS) is 0. The zero-order valence-electron chi connectivity index (χ0n) is 1.66. The number of hydrogen-bond donors (Lipinski definition) is 0. The Bertz CT molecular complexity index is 15.5. The second-order valence-corrected chi connectivity index (χ2v) is 0. The van der Waals surface area contributed by atoms with E-state index in [2.05, 4.69) is 0 Å². The van der Waals surface area contributed by atoms with Gasteiger partial charge in [-0.2, -0.15) is 0 Å². The summed E-state index contributed by atoms with van der Waals surface area (Å²) in [6.45, 7) is 0. The predicted molar refractivity (Wildman–Crippen MR) is 29.8 cm³/mol. The van der Waals surface area contributed by atoms with Crippen molar-refractivity contribution in [3.63, 3.8) is 0 Å². The van der Waals surface area contributed by atoms with Crippen LogP contribution in [0.4, 0.5) is 0 Å². The summed E-state index contributed by atoms with van der Waals surface area (Å²) in [6.07, 6.45) is 0. The Kier molecular flexibility index (Phi) is 289. The first-order valence-electron chi connectivity index (χ1n) is 0. The van der Waals surface area contributed by atoms with Crippen LogP contribution < -0.4 is 0 Å². The van der Waals surface area contributed by atoms with Gasteiger partial charge in [0.05, 0.1) is 0 Å². The van der Waals surface area contributed by atoms with Crippen LogP contribution in [0.1, 0.15) is 0 Å². The molecule has 0 aliphatic heterocycles. The molecule has 0 fully saturated rings. The first kappa shape index (κ1) is 49.2. The molecule has 0 aromatic carbocycles. The number of rotatable bonds is 0. The van der Waals surface area contributed by atoms with E-state index in [4.69, 9.17) is 0 Å². The summed E-state index contributed by atoms with van der Waals surface area (Å²) >= 11 is 0. The Morgan fingerprint density at radius 3 is 1.00 bits per heavy atom. The van der Waals surface area contributed by atoms with Gasteiger partial charge in [0, 0.05) is 56.5 Å². The molecule has 0 N–H and O–H groups in total. The van der Waals surface area contributed by atoms with Gasteiger partial charge in [0.15, 0.2) is 0 Å². The van der Waals surface area contributed by atoms with Crippen molar-refractivity contribution in [1.82, 2.24) is 0 Å². The van der Waals surface area contributed by atoms with E-state index in [1.165, 1.54) is 0 Å². The first-order valence-corrected chi connectivity index (χ1v) is 0. The average Bonchev–Trinajstić information content (AvgIpc) is 0. The molecular weight excluding hydrogens is 621 g/mol. The molecule has 2 radical (unpaired) electrons. The van der Waals surface area contributed by atoms with Crippen LogP contribution in [0.25, 0.3) is 0 Å².